The van der Waals surface area contributed by atoms with Crippen LogP contribution in [0.1, 0.15) is 19.8 Å². The van der Waals surface area contributed by atoms with Crippen molar-refractivity contribution in [3.63, 3.8) is 0 Å². The Morgan fingerprint density at radius 3 is 2.44 bits per heavy atom. The zero-order valence-corrected chi connectivity index (χ0v) is 12.2. The Labute approximate surface area is 110 Å². The maximum absolute atomic E-state index is 11.8. The van der Waals surface area contributed by atoms with Crippen LogP contribution < -0.4 is 5.32 Å². The van der Waals surface area contributed by atoms with Crippen LogP contribution in [-0.4, -0.2) is 49.0 Å². The van der Waals surface area contributed by atoms with Crippen molar-refractivity contribution in [2.45, 2.75) is 25.8 Å². The molecule has 0 bridgehead atoms. The summed E-state index contributed by atoms with van der Waals surface area (Å²) in [7, 11) is 4.02. The van der Waals surface area contributed by atoms with Crippen LogP contribution >= 0.6 is 25.3 Å². The Hall–Kier alpha value is 0.130. The SMILES string of the molecule is CC(CNC(=O)C(CS)CCCS)N(C)C. The molecule has 0 aromatic carbocycles. The van der Waals surface area contributed by atoms with Gasteiger partial charge in [0.1, 0.15) is 0 Å². The first kappa shape index (κ1) is 16.1. The van der Waals surface area contributed by atoms with Gasteiger partial charge in [0.2, 0.25) is 5.91 Å². The molecule has 0 saturated heterocycles. The Bertz CT molecular complexity index is 200. The summed E-state index contributed by atoms with van der Waals surface area (Å²) in [5.41, 5.74) is 0. The number of carbonyl (C=O) groups excluding carboxylic acids is 1. The van der Waals surface area contributed by atoms with Crippen LogP contribution in [0.2, 0.25) is 0 Å². The molecule has 2 atom stereocenters. The van der Waals surface area contributed by atoms with Crippen molar-refractivity contribution in [1.29, 1.82) is 0 Å². The first-order valence-corrected chi connectivity index (χ1v) is 6.95. The third kappa shape index (κ3) is 6.66. The highest BCUT2D eigenvalue weighted by atomic mass is 32.1. The van der Waals surface area contributed by atoms with E-state index in [0.29, 0.717) is 18.3 Å². The van der Waals surface area contributed by atoms with Crippen molar-refractivity contribution in [3.05, 3.63) is 0 Å². The van der Waals surface area contributed by atoms with E-state index in [2.05, 4.69) is 42.4 Å². The number of hydrogen-bond acceptors (Lipinski definition) is 4. The highest BCUT2D eigenvalue weighted by molar-refractivity contribution is 7.80. The molecule has 3 nitrogen and oxygen atoms in total. The highest BCUT2D eigenvalue weighted by Gasteiger charge is 2.16. The van der Waals surface area contributed by atoms with E-state index in [9.17, 15) is 4.79 Å². The summed E-state index contributed by atoms with van der Waals surface area (Å²) in [5.74, 6) is 1.57. The number of rotatable bonds is 8. The molecule has 0 radical (unpaired) electrons. The van der Waals surface area contributed by atoms with E-state index in [0.717, 1.165) is 18.6 Å². The lowest BCUT2D eigenvalue weighted by molar-refractivity contribution is -0.124. The summed E-state index contributed by atoms with van der Waals surface area (Å²) in [6, 6.07) is 0.356. The van der Waals surface area contributed by atoms with E-state index in [1.54, 1.807) is 0 Å². The summed E-state index contributed by atoms with van der Waals surface area (Å²) in [5, 5.41) is 2.97. The summed E-state index contributed by atoms with van der Waals surface area (Å²) >= 11 is 8.37. The molecule has 0 aromatic heterocycles. The maximum Gasteiger partial charge on any atom is 0.223 e. The van der Waals surface area contributed by atoms with Gasteiger partial charge < -0.3 is 10.2 Å². The van der Waals surface area contributed by atoms with Crippen LogP contribution in [0, 0.1) is 5.92 Å². The minimum atomic E-state index is 0.0184. The minimum absolute atomic E-state index is 0.0184. The van der Waals surface area contributed by atoms with Crippen molar-refractivity contribution < 1.29 is 4.79 Å². The summed E-state index contributed by atoms with van der Waals surface area (Å²) in [6.07, 6.45) is 1.83. The number of nitrogens with one attached hydrogen (secondary N) is 1. The zero-order valence-electron chi connectivity index (χ0n) is 10.4. The number of carbonyl (C=O) groups is 1. The fourth-order valence-electron chi connectivity index (χ4n) is 1.22. The van der Waals surface area contributed by atoms with Gasteiger partial charge in [-0.05, 0) is 39.6 Å². The minimum Gasteiger partial charge on any atom is -0.354 e. The molecule has 0 aliphatic heterocycles. The Morgan fingerprint density at radius 1 is 1.38 bits per heavy atom. The molecule has 0 aromatic rings. The van der Waals surface area contributed by atoms with Gasteiger partial charge in [0.15, 0.2) is 0 Å². The molecule has 16 heavy (non-hydrogen) atoms. The fourth-order valence-corrected chi connectivity index (χ4v) is 1.75. The largest absolute Gasteiger partial charge is 0.354 e. The maximum atomic E-state index is 11.8. The normalized spacial score (nSPS) is 14.9. The second-order valence-corrected chi connectivity index (χ2v) is 5.12. The fraction of sp³-hybridized carbons (Fsp3) is 0.909. The zero-order chi connectivity index (χ0) is 12.6. The Balaban J connectivity index is 3.92. The molecule has 96 valence electrons. The average molecular weight is 264 g/mol. The van der Waals surface area contributed by atoms with Crippen molar-refractivity contribution in [2.24, 2.45) is 5.92 Å². The molecule has 5 heteroatoms. The number of hydrogen-bond donors (Lipinski definition) is 3. The predicted octanol–water partition coefficient (Wildman–Crippen LogP) is 1.31. The number of likely N-dealkylation sites (N-methyl/N-ethyl adjacent to an activating group) is 1. The van der Waals surface area contributed by atoms with Crippen molar-refractivity contribution >= 4 is 31.2 Å². The topological polar surface area (TPSA) is 32.3 Å². The van der Waals surface area contributed by atoms with E-state index in [1.807, 2.05) is 14.1 Å². The van der Waals surface area contributed by atoms with Crippen LogP contribution in [0.5, 0.6) is 0 Å². The van der Waals surface area contributed by atoms with Gasteiger partial charge in [-0.25, -0.2) is 0 Å². The van der Waals surface area contributed by atoms with Crippen LogP contribution in [0.4, 0.5) is 0 Å². The molecule has 0 aliphatic rings. The van der Waals surface area contributed by atoms with E-state index >= 15 is 0 Å². The lowest BCUT2D eigenvalue weighted by Gasteiger charge is -2.21. The van der Waals surface area contributed by atoms with Gasteiger partial charge in [-0.3, -0.25) is 4.79 Å². The van der Waals surface area contributed by atoms with Gasteiger partial charge in [-0.2, -0.15) is 25.3 Å². The predicted molar refractivity (Wildman–Crippen MR) is 76.6 cm³/mol. The molecule has 0 heterocycles. The molecular formula is C11H24N2OS2. The van der Waals surface area contributed by atoms with Crippen molar-refractivity contribution in [1.82, 2.24) is 10.2 Å². The Morgan fingerprint density at radius 2 is 2.00 bits per heavy atom. The van der Waals surface area contributed by atoms with Crippen molar-refractivity contribution in [2.75, 3.05) is 32.1 Å². The van der Waals surface area contributed by atoms with E-state index in [-0.39, 0.29) is 11.8 Å². The van der Waals surface area contributed by atoms with Gasteiger partial charge in [0.25, 0.3) is 0 Å². The van der Waals surface area contributed by atoms with Crippen molar-refractivity contribution in [3.8, 4) is 0 Å². The number of amides is 1. The first-order valence-electron chi connectivity index (χ1n) is 5.68. The molecule has 1 N–H and O–H groups in total. The quantitative estimate of drug-likeness (QED) is 0.578. The summed E-state index contributed by atoms with van der Waals surface area (Å²) < 4.78 is 0. The summed E-state index contributed by atoms with van der Waals surface area (Å²) in [6.45, 7) is 2.78. The second-order valence-electron chi connectivity index (χ2n) is 4.30. The molecule has 0 aliphatic carbocycles. The smallest absolute Gasteiger partial charge is 0.223 e. The molecule has 0 fully saturated rings. The van der Waals surface area contributed by atoms with Gasteiger partial charge in [-0.15, -0.1) is 0 Å². The standard InChI is InChI=1S/C11H24N2OS2/c1-9(13(2)3)7-12-11(14)10(8-16)5-4-6-15/h9-10,15-16H,4-8H2,1-3H3,(H,12,14). The van der Waals surface area contributed by atoms with Gasteiger partial charge in [-0.1, -0.05) is 0 Å². The van der Waals surface area contributed by atoms with Crippen LogP contribution in [0.3, 0.4) is 0 Å². The highest BCUT2D eigenvalue weighted by Crippen LogP contribution is 2.09. The lowest BCUT2D eigenvalue weighted by atomic mass is 10.1. The number of thiol groups is 2. The molecule has 0 spiro atoms. The van der Waals surface area contributed by atoms with Gasteiger partial charge in [0.05, 0.1) is 0 Å². The molecule has 2 unspecified atom stereocenters. The first-order chi connectivity index (χ1) is 7.52. The van der Waals surface area contributed by atoms with Crippen LogP contribution in [0.15, 0.2) is 0 Å². The van der Waals surface area contributed by atoms with Gasteiger partial charge in [0, 0.05) is 24.3 Å². The van der Waals surface area contributed by atoms with E-state index in [4.69, 9.17) is 0 Å². The third-order valence-electron chi connectivity index (χ3n) is 2.76. The van der Waals surface area contributed by atoms with Crippen LogP contribution in [0.25, 0.3) is 0 Å². The Kier molecular flexibility index (Phi) is 9.26. The van der Waals surface area contributed by atoms with Gasteiger partial charge >= 0.3 is 0 Å². The average Bonchev–Trinajstić information content (AvgIpc) is 2.26. The lowest BCUT2D eigenvalue weighted by Crippen LogP contribution is -2.41. The van der Waals surface area contributed by atoms with E-state index in [1.165, 1.54) is 0 Å². The second kappa shape index (κ2) is 9.19. The monoisotopic (exact) mass is 264 g/mol. The van der Waals surface area contributed by atoms with Crippen LogP contribution in [-0.2, 0) is 4.79 Å². The molecular weight excluding hydrogens is 240 g/mol. The number of nitrogens with zero attached hydrogens (tertiary/aromatic N) is 1. The molecule has 1 amide bonds. The third-order valence-corrected chi connectivity index (χ3v) is 3.51. The molecule has 0 saturated carbocycles. The van der Waals surface area contributed by atoms with E-state index < -0.39 is 0 Å². The molecule has 0 rings (SSSR count). The summed E-state index contributed by atoms with van der Waals surface area (Å²) in [4.78, 5) is 13.9.